The first-order chi connectivity index (χ1) is 13.3. The lowest BCUT2D eigenvalue weighted by Crippen LogP contribution is -2.23. The Hall–Kier alpha value is -2.38. The van der Waals surface area contributed by atoms with Gasteiger partial charge >= 0.3 is 0 Å². The number of amides is 1. The number of benzene rings is 2. The van der Waals surface area contributed by atoms with E-state index in [1.165, 1.54) is 37.7 Å². The molecule has 0 atom stereocenters. The molecule has 0 aliphatic heterocycles. The van der Waals surface area contributed by atoms with Gasteiger partial charge in [-0.05, 0) is 61.1 Å². The second-order valence-electron chi connectivity index (χ2n) is 7.06. The number of ether oxygens (including phenoxy) is 1. The molecule has 6 nitrogen and oxygen atoms in total. The fraction of sp³-hybridized carbons (Fsp3) is 0.381. The Labute approximate surface area is 166 Å². The first-order valence-electron chi connectivity index (χ1n) is 9.41. The van der Waals surface area contributed by atoms with E-state index < -0.39 is 10.0 Å². The lowest BCUT2D eigenvalue weighted by molar-refractivity contribution is -0.115. The van der Waals surface area contributed by atoms with Crippen LogP contribution in [0.25, 0.3) is 0 Å². The van der Waals surface area contributed by atoms with Gasteiger partial charge in [0.2, 0.25) is 15.9 Å². The number of nitrogens with one attached hydrogen (secondary N) is 1. The minimum absolute atomic E-state index is 0.0367. The van der Waals surface area contributed by atoms with Gasteiger partial charge in [-0.15, -0.1) is 0 Å². The van der Waals surface area contributed by atoms with Crippen LogP contribution in [0.1, 0.15) is 30.0 Å². The van der Waals surface area contributed by atoms with E-state index in [1.54, 1.807) is 19.1 Å². The fourth-order valence-corrected chi connectivity index (χ4v) is 4.44. The van der Waals surface area contributed by atoms with Crippen molar-refractivity contribution in [3.8, 4) is 5.75 Å². The summed E-state index contributed by atoms with van der Waals surface area (Å²) in [7, 11) is -0.772. The number of hydrogen-bond donors (Lipinski definition) is 1. The number of hydrogen-bond acceptors (Lipinski definition) is 4. The van der Waals surface area contributed by atoms with Crippen LogP contribution in [0.15, 0.2) is 41.3 Å². The molecule has 0 bridgehead atoms. The van der Waals surface area contributed by atoms with Gasteiger partial charge in [-0.2, -0.15) is 0 Å². The number of carbonyl (C=O) groups is 1. The summed E-state index contributed by atoms with van der Waals surface area (Å²) in [6.45, 7) is 2.14. The van der Waals surface area contributed by atoms with E-state index >= 15 is 0 Å². The Morgan fingerprint density at radius 2 is 1.86 bits per heavy atom. The molecule has 2 aromatic carbocycles. The van der Waals surface area contributed by atoms with Gasteiger partial charge in [0.05, 0.1) is 13.0 Å². The van der Waals surface area contributed by atoms with Crippen LogP contribution >= 0.6 is 0 Å². The largest absolute Gasteiger partial charge is 0.492 e. The van der Waals surface area contributed by atoms with Crippen LogP contribution in [0.5, 0.6) is 5.75 Å². The number of carbonyl (C=O) groups excluding carboxylic acids is 1. The third-order valence-electron chi connectivity index (χ3n) is 4.81. The fourth-order valence-electron chi connectivity index (χ4n) is 3.38. The second kappa shape index (κ2) is 8.32. The van der Waals surface area contributed by atoms with Gasteiger partial charge in [0.25, 0.3) is 0 Å². The number of fused-ring (bicyclic) bond motifs is 1. The van der Waals surface area contributed by atoms with Crippen LogP contribution in [0.2, 0.25) is 0 Å². The molecule has 0 heterocycles. The van der Waals surface area contributed by atoms with E-state index in [4.69, 9.17) is 4.74 Å². The number of aryl methyl sites for hydroxylation is 2. The van der Waals surface area contributed by atoms with Crippen molar-refractivity contribution in [2.75, 3.05) is 26.0 Å². The summed E-state index contributed by atoms with van der Waals surface area (Å²) >= 11 is 0. The first kappa shape index (κ1) is 20.4. The molecule has 1 aliphatic rings. The molecule has 1 aliphatic carbocycles. The van der Waals surface area contributed by atoms with E-state index in [0.29, 0.717) is 12.3 Å². The van der Waals surface area contributed by atoms with Gasteiger partial charge in [-0.3, -0.25) is 4.79 Å². The summed E-state index contributed by atoms with van der Waals surface area (Å²) in [5, 5.41) is 2.80. The Morgan fingerprint density at radius 3 is 2.57 bits per heavy atom. The number of rotatable bonds is 7. The van der Waals surface area contributed by atoms with E-state index in [0.717, 1.165) is 22.7 Å². The highest BCUT2D eigenvalue weighted by atomic mass is 32.2. The molecule has 28 heavy (non-hydrogen) atoms. The molecule has 0 aromatic heterocycles. The van der Waals surface area contributed by atoms with Crippen molar-refractivity contribution in [3.05, 3.63) is 53.1 Å². The van der Waals surface area contributed by atoms with Gasteiger partial charge in [-0.1, -0.05) is 18.2 Å². The molecule has 0 spiro atoms. The van der Waals surface area contributed by atoms with Crippen LogP contribution in [0.4, 0.5) is 5.69 Å². The highest BCUT2D eigenvalue weighted by Crippen LogP contribution is 2.29. The molecule has 0 fully saturated rings. The molecule has 2 aromatic rings. The van der Waals surface area contributed by atoms with Crippen molar-refractivity contribution in [1.29, 1.82) is 0 Å². The maximum absolute atomic E-state index is 12.6. The molecule has 0 saturated carbocycles. The van der Waals surface area contributed by atoms with E-state index in [1.807, 2.05) is 6.07 Å². The molecular weight excluding hydrogens is 376 g/mol. The predicted octanol–water partition coefficient (Wildman–Crippen LogP) is 3.01. The second-order valence-corrected chi connectivity index (χ2v) is 9.18. The number of anilines is 1. The minimum Gasteiger partial charge on any atom is -0.492 e. The van der Waals surface area contributed by atoms with E-state index in [2.05, 4.69) is 17.4 Å². The minimum atomic E-state index is -3.70. The average Bonchev–Trinajstić information content (AvgIpc) is 3.10. The van der Waals surface area contributed by atoms with Crippen molar-refractivity contribution < 1.29 is 17.9 Å². The molecule has 1 amide bonds. The quantitative estimate of drug-likeness (QED) is 0.772. The highest BCUT2D eigenvalue weighted by Gasteiger charge is 2.23. The third-order valence-corrected chi connectivity index (χ3v) is 6.65. The van der Waals surface area contributed by atoms with Gasteiger partial charge in [0.1, 0.15) is 10.6 Å². The predicted molar refractivity (Wildman–Crippen MR) is 109 cm³/mol. The Balaban J connectivity index is 1.79. The Kier molecular flexibility index (Phi) is 6.05. The smallest absolute Gasteiger partial charge is 0.246 e. The SMILES string of the molecule is CCOc1ccc(NC(=O)Cc2ccc3c(c2)CCC3)cc1S(=O)(=O)N(C)C. The molecule has 1 N–H and O–H groups in total. The van der Waals surface area contributed by atoms with Crippen LogP contribution in [-0.4, -0.2) is 39.3 Å². The van der Waals surface area contributed by atoms with Crippen LogP contribution in [-0.2, 0) is 34.1 Å². The standard InChI is InChI=1S/C21H26N2O4S/c1-4-27-19-11-10-18(14-20(19)28(25,26)23(2)3)22-21(24)13-15-8-9-16-6-5-7-17(16)12-15/h8-12,14H,4-7,13H2,1-3H3,(H,22,24). The zero-order chi connectivity index (χ0) is 20.3. The maximum Gasteiger partial charge on any atom is 0.246 e. The third kappa shape index (κ3) is 4.36. The summed E-state index contributed by atoms with van der Waals surface area (Å²) < 4.78 is 31.8. The van der Waals surface area contributed by atoms with Crippen LogP contribution in [0, 0.1) is 0 Å². The summed E-state index contributed by atoms with van der Waals surface area (Å²) in [6, 6.07) is 10.9. The van der Waals surface area contributed by atoms with Gasteiger partial charge < -0.3 is 10.1 Å². The number of sulfonamides is 1. The van der Waals surface area contributed by atoms with Gasteiger partial charge in [0.15, 0.2) is 0 Å². The first-order valence-corrected chi connectivity index (χ1v) is 10.8. The van der Waals surface area contributed by atoms with Gasteiger partial charge in [0, 0.05) is 19.8 Å². The van der Waals surface area contributed by atoms with Crippen molar-refractivity contribution in [1.82, 2.24) is 4.31 Å². The average molecular weight is 403 g/mol. The molecule has 0 unspecified atom stereocenters. The summed E-state index contributed by atoms with van der Waals surface area (Å²) in [4.78, 5) is 12.5. The normalized spacial score (nSPS) is 13.4. The van der Waals surface area contributed by atoms with Crippen LogP contribution in [0.3, 0.4) is 0 Å². The summed E-state index contributed by atoms with van der Waals surface area (Å²) in [6.07, 6.45) is 3.59. The van der Waals surface area contributed by atoms with Crippen molar-refractivity contribution in [2.24, 2.45) is 0 Å². The Bertz CT molecular complexity index is 984. The summed E-state index contributed by atoms with van der Waals surface area (Å²) in [5.41, 5.74) is 4.08. The zero-order valence-electron chi connectivity index (χ0n) is 16.5. The monoisotopic (exact) mass is 402 g/mol. The lowest BCUT2D eigenvalue weighted by Gasteiger charge is -2.16. The summed E-state index contributed by atoms with van der Waals surface area (Å²) in [5.74, 6) is 0.0862. The molecule has 7 heteroatoms. The van der Waals surface area contributed by atoms with Crippen LogP contribution < -0.4 is 10.1 Å². The Morgan fingerprint density at radius 1 is 1.11 bits per heavy atom. The highest BCUT2D eigenvalue weighted by molar-refractivity contribution is 7.89. The topological polar surface area (TPSA) is 75.7 Å². The van der Waals surface area contributed by atoms with E-state index in [-0.39, 0.29) is 23.0 Å². The van der Waals surface area contributed by atoms with E-state index in [9.17, 15) is 13.2 Å². The maximum atomic E-state index is 12.6. The van der Waals surface area contributed by atoms with Crippen molar-refractivity contribution >= 4 is 21.6 Å². The molecule has 0 saturated heterocycles. The van der Waals surface area contributed by atoms with Gasteiger partial charge in [-0.25, -0.2) is 12.7 Å². The molecule has 0 radical (unpaired) electrons. The zero-order valence-corrected chi connectivity index (χ0v) is 17.3. The number of nitrogens with zero attached hydrogens (tertiary/aromatic N) is 1. The lowest BCUT2D eigenvalue weighted by atomic mass is 10.0. The molecule has 3 rings (SSSR count). The molecule has 150 valence electrons. The van der Waals surface area contributed by atoms with Crippen molar-refractivity contribution in [2.45, 2.75) is 37.5 Å². The molecular formula is C21H26N2O4S. The van der Waals surface area contributed by atoms with Crippen molar-refractivity contribution in [3.63, 3.8) is 0 Å².